The fourth-order valence-electron chi connectivity index (χ4n) is 4.83. The zero-order valence-corrected chi connectivity index (χ0v) is 26.9. The van der Waals surface area contributed by atoms with Crippen LogP contribution in [-0.2, 0) is 23.6 Å². The molecule has 0 bridgehead atoms. The number of rotatable bonds is 9. The fourth-order valence-corrected chi connectivity index (χ4v) is 5.12. The lowest BCUT2D eigenvalue weighted by molar-refractivity contribution is -0.143. The number of alkyl carbamates (subject to hydrolysis) is 1. The van der Waals surface area contributed by atoms with Crippen LogP contribution in [0.3, 0.4) is 0 Å². The summed E-state index contributed by atoms with van der Waals surface area (Å²) in [5.41, 5.74) is -3.49. The van der Waals surface area contributed by atoms with Crippen LogP contribution >= 0.6 is 11.6 Å². The predicted molar refractivity (Wildman–Crippen MR) is 164 cm³/mol. The van der Waals surface area contributed by atoms with Gasteiger partial charge in [0.05, 0.1) is 23.7 Å². The van der Waals surface area contributed by atoms with Gasteiger partial charge >= 0.3 is 18.4 Å². The van der Waals surface area contributed by atoms with E-state index in [-0.39, 0.29) is 36.1 Å². The molecule has 0 radical (unpaired) electrons. The molecular formula is C32H31ClF6N6O3. The van der Waals surface area contributed by atoms with Gasteiger partial charge in [-0.3, -0.25) is 9.78 Å². The van der Waals surface area contributed by atoms with Crippen molar-refractivity contribution in [1.29, 1.82) is 0 Å². The van der Waals surface area contributed by atoms with Crippen LogP contribution in [-0.4, -0.2) is 55.6 Å². The summed E-state index contributed by atoms with van der Waals surface area (Å²) in [4.78, 5) is 32.0. The topological polar surface area (TPSA) is 102 Å². The first-order chi connectivity index (χ1) is 22.3. The molecule has 2 aromatic heterocycles. The molecular weight excluding hydrogens is 666 g/mol. The molecule has 48 heavy (non-hydrogen) atoms. The number of aromatic nitrogens is 4. The molecule has 1 atom stereocenters. The lowest BCUT2D eigenvalue weighted by Crippen LogP contribution is -2.41. The number of carbonyl (C=O) groups excluding carboxylic acids is 2. The summed E-state index contributed by atoms with van der Waals surface area (Å²) >= 11 is 6.46. The molecule has 0 saturated carbocycles. The van der Waals surface area contributed by atoms with Crippen molar-refractivity contribution in [1.82, 2.24) is 30.2 Å². The highest BCUT2D eigenvalue weighted by Gasteiger charge is 2.37. The van der Waals surface area contributed by atoms with Gasteiger partial charge < -0.3 is 15.0 Å². The maximum absolute atomic E-state index is 14.3. The van der Waals surface area contributed by atoms with Gasteiger partial charge in [0.25, 0.3) is 5.91 Å². The largest absolute Gasteiger partial charge is 0.444 e. The summed E-state index contributed by atoms with van der Waals surface area (Å²) in [6.45, 7) is 6.05. The maximum Gasteiger partial charge on any atom is 0.416 e. The Labute approximate surface area is 276 Å². The Morgan fingerprint density at radius 2 is 1.56 bits per heavy atom. The second kappa shape index (κ2) is 14.2. The number of hydrogen-bond acceptors (Lipinski definition) is 6. The standard InChI is InChI=1S/C32H31ClF6N6O3/c1-19(24-7-5-6-8-25(24)33)44(14-13-41-29(47)48-30(2,3)4)28(46)26-27(21-9-11-40-12-10-21)45(43-42-26)18-20-15-22(31(34,35)36)17-23(16-20)32(37,38)39/h5-12,15-17,19H,13-14,18H2,1-4H3,(H,41,47). The number of carbonyl (C=O) groups is 2. The molecule has 0 aliphatic rings. The van der Waals surface area contributed by atoms with E-state index in [0.29, 0.717) is 28.3 Å². The van der Waals surface area contributed by atoms with E-state index in [1.54, 1.807) is 52.0 Å². The Balaban J connectivity index is 1.78. The molecule has 2 heterocycles. The van der Waals surface area contributed by atoms with Crippen LogP contribution in [0.1, 0.15) is 66.5 Å². The van der Waals surface area contributed by atoms with E-state index in [2.05, 4.69) is 20.6 Å². The quantitative estimate of drug-likeness (QED) is 0.179. The van der Waals surface area contributed by atoms with Crippen LogP contribution in [0.2, 0.25) is 5.02 Å². The minimum Gasteiger partial charge on any atom is -0.444 e. The highest BCUT2D eigenvalue weighted by molar-refractivity contribution is 6.31. The molecule has 0 fully saturated rings. The van der Waals surface area contributed by atoms with Crippen molar-refractivity contribution in [3.63, 3.8) is 0 Å². The Kier molecular flexibility index (Phi) is 10.7. The molecule has 2 aromatic carbocycles. The summed E-state index contributed by atoms with van der Waals surface area (Å²) in [5.74, 6) is -0.702. The number of amides is 2. The number of hydrogen-bond donors (Lipinski definition) is 1. The maximum atomic E-state index is 14.3. The number of nitrogens with zero attached hydrogens (tertiary/aromatic N) is 5. The molecule has 0 spiro atoms. The van der Waals surface area contributed by atoms with Gasteiger partial charge in [0, 0.05) is 36.1 Å². The zero-order chi connectivity index (χ0) is 35.4. The Hall–Kier alpha value is -4.66. The van der Waals surface area contributed by atoms with E-state index >= 15 is 0 Å². The van der Waals surface area contributed by atoms with Crippen LogP contribution in [0.25, 0.3) is 11.3 Å². The smallest absolute Gasteiger partial charge is 0.416 e. The first kappa shape index (κ1) is 36.2. The summed E-state index contributed by atoms with van der Waals surface area (Å²) in [7, 11) is 0. The minimum absolute atomic E-state index is 0.0184. The van der Waals surface area contributed by atoms with Crippen molar-refractivity contribution in [3.05, 3.63) is 100.0 Å². The van der Waals surface area contributed by atoms with E-state index in [4.69, 9.17) is 16.3 Å². The number of benzene rings is 2. The highest BCUT2D eigenvalue weighted by Crippen LogP contribution is 2.37. The van der Waals surface area contributed by atoms with Crippen LogP contribution in [0, 0.1) is 0 Å². The van der Waals surface area contributed by atoms with E-state index in [1.165, 1.54) is 29.4 Å². The molecule has 0 aliphatic carbocycles. The van der Waals surface area contributed by atoms with E-state index in [9.17, 15) is 35.9 Å². The van der Waals surface area contributed by atoms with Crippen molar-refractivity contribution in [2.24, 2.45) is 0 Å². The SMILES string of the molecule is CC(c1ccccc1Cl)N(CCNC(=O)OC(C)(C)C)C(=O)c1nnn(Cc2cc(C(F)(F)F)cc(C(F)(F)F)c2)c1-c1ccncc1. The second-order valence-corrected chi connectivity index (χ2v) is 12.1. The van der Waals surface area contributed by atoms with Crippen LogP contribution < -0.4 is 5.32 Å². The zero-order valence-electron chi connectivity index (χ0n) is 26.2. The molecule has 0 saturated heterocycles. The number of ether oxygens (including phenoxy) is 1. The van der Waals surface area contributed by atoms with Crippen molar-refractivity contribution >= 4 is 23.6 Å². The van der Waals surface area contributed by atoms with E-state index in [0.717, 1.165) is 4.68 Å². The second-order valence-electron chi connectivity index (χ2n) is 11.7. The van der Waals surface area contributed by atoms with Crippen LogP contribution in [0.5, 0.6) is 0 Å². The molecule has 16 heteroatoms. The summed E-state index contributed by atoms with van der Waals surface area (Å²) in [6, 6.07) is 10.3. The number of pyridine rings is 1. The highest BCUT2D eigenvalue weighted by atomic mass is 35.5. The monoisotopic (exact) mass is 696 g/mol. The predicted octanol–water partition coefficient (Wildman–Crippen LogP) is 7.81. The minimum atomic E-state index is -5.06. The lowest BCUT2D eigenvalue weighted by Gasteiger charge is -2.30. The fraction of sp³-hybridized carbons (Fsp3) is 0.344. The van der Waals surface area contributed by atoms with Crippen molar-refractivity contribution in [2.75, 3.05) is 13.1 Å². The van der Waals surface area contributed by atoms with Crippen LogP contribution in [0.4, 0.5) is 31.1 Å². The van der Waals surface area contributed by atoms with Gasteiger partial charge in [0.15, 0.2) is 5.69 Å². The Morgan fingerprint density at radius 3 is 2.12 bits per heavy atom. The average Bonchev–Trinajstić information content (AvgIpc) is 3.41. The lowest BCUT2D eigenvalue weighted by atomic mass is 10.0. The number of nitrogens with one attached hydrogen (secondary N) is 1. The van der Waals surface area contributed by atoms with Gasteiger partial charge in [-0.1, -0.05) is 35.0 Å². The van der Waals surface area contributed by atoms with Crippen molar-refractivity contribution in [3.8, 4) is 11.3 Å². The van der Waals surface area contributed by atoms with Gasteiger partial charge in [0.2, 0.25) is 0 Å². The number of halogens is 7. The molecule has 1 N–H and O–H groups in total. The van der Waals surface area contributed by atoms with Gasteiger partial charge in [0.1, 0.15) is 11.3 Å². The number of alkyl halides is 6. The molecule has 256 valence electrons. The summed E-state index contributed by atoms with van der Waals surface area (Å²) < 4.78 is 87.9. The molecule has 1 unspecified atom stereocenters. The third-order valence-corrected chi connectivity index (χ3v) is 7.32. The third-order valence-electron chi connectivity index (χ3n) is 6.98. The van der Waals surface area contributed by atoms with Crippen molar-refractivity contribution < 1.29 is 40.7 Å². The third kappa shape index (κ3) is 9.02. The molecule has 2 amide bonds. The first-order valence-corrected chi connectivity index (χ1v) is 14.9. The van der Waals surface area contributed by atoms with Gasteiger partial charge in [-0.15, -0.1) is 5.10 Å². The molecule has 0 aliphatic heterocycles. The summed E-state index contributed by atoms with van der Waals surface area (Å²) in [6.07, 6.45) is -8.06. The van der Waals surface area contributed by atoms with Gasteiger partial charge in [-0.05, 0) is 75.2 Å². The van der Waals surface area contributed by atoms with Gasteiger partial charge in [-0.25, -0.2) is 9.48 Å². The normalized spacial score (nSPS) is 12.8. The van der Waals surface area contributed by atoms with Gasteiger partial charge in [-0.2, -0.15) is 26.3 Å². The molecule has 9 nitrogen and oxygen atoms in total. The van der Waals surface area contributed by atoms with E-state index < -0.39 is 53.7 Å². The Bertz CT molecular complexity index is 1720. The average molecular weight is 697 g/mol. The van der Waals surface area contributed by atoms with E-state index in [1.807, 2.05) is 0 Å². The van der Waals surface area contributed by atoms with Crippen LogP contribution in [0.15, 0.2) is 67.0 Å². The first-order valence-electron chi connectivity index (χ1n) is 14.5. The molecule has 4 aromatic rings. The van der Waals surface area contributed by atoms with Crippen molar-refractivity contribution in [2.45, 2.75) is 58.2 Å². The Morgan fingerprint density at radius 1 is 0.958 bits per heavy atom. The molecule has 4 rings (SSSR count). The summed E-state index contributed by atoms with van der Waals surface area (Å²) in [5, 5.41) is 11.0.